The zero-order valence-electron chi connectivity index (χ0n) is 12.4. The summed E-state index contributed by atoms with van der Waals surface area (Å²) < 4.78 is 27.6. The fourth-order valence-corrected chi connectivity index (χ4v) is 3.19. The van der Waals surface area contributed by atoms with E-state index in [9.17, 15) is 8.78 Å². The monoisotopic (exact) mass is 360 g/mol. The van der Waals surface area contributed by atoms with Crippen LogP contribution in [0.25, 0.3) is 0 Å². The van der Waals surface area contributed by atoms with E-state index in [1.54, 1.807) is 6.20 Å². The molecule has 1 unspecified atom stereocenters. The van der Waals surface area contributed by atoms with Gasteiger partial charge in [0.25, 0.3) is 0 Å². The molecule has 1 heterocycles. The summed E-state index contributed by atoms with van der Waals surface area (Å²) in [4.78, 5) is 4.41. The Morgan fingerprint density at radius 2 is 2.10 bits per heavy atom. The van der Waals surface area contributed by atoms with Crippen molar-refractivity contribution in [3.63, 3.8) is 0 Å². The van der Waals surface area contributed by atoms with Crippen LogP contribution < -0.4 is 5.32 Å². The molecule has 1 fully saturated rings. The van der Waals surface area contributed by atoms with Gasteiger partial charge in [0.15, 0.2) is 0 Å². The van der Waals surface area contributed by atoms with E-state index in [0.29, 0.717) is 18.8 Å². The van der Waals surface area contributed by atoms with E-state index in [-0.39, 0.29) is 18.9 Å². The quantitative estimate of drug-likeness (QED) is 0.802. The van der Waals surface area contributed by atoms with E-state index in [1.807, 2.05) is 12.1 Å². The van der Waals surface area contributed by atoms with Gasteiger partial charge < -0.3 is 5.32 Å². The molecule has 21 heavy (non-hydrogen) atoms. The molecule has 0 spiro atoms. The van der Waals surface area contributed by atoms with Crippen LogP contribution in [0.1, 0.15) is 44.7 Å². The van der Waals surface area contributed by atoms with Crippen molar-refractivity contribution >= 4 is 15.9 Å². The average molecular weight is 361 g/mol. The fraction of sp³-hybridized carbons (Fsp3) is 0.688. The highest BCUT2D eigenvalue weighted by atomic mass is 79.9. The van der Waals surface area contributed by atoms with Gasteiger partial charge in [0.1, 0.15) is 0 Å². The van der Waals surface area contributed by atoms with Gasteiger partial charge in [0.05, 0.1) is 0 Å². The number of alkyl halides is 2. The maximum Gasteiger partial charge on any atom is 0.248 e. The van der Waals surface area contributed by atoms with Crippen molar-refractivity contribution in [2.45, 2.75) is 57.4 Å². The first-order valence-corrected chi connectivity index (χ1v) is 8.51. The van der Waals surface area contributed by atoms with Crippen molar-refractivity contribution in [2.24, 2.45) is 5.92 Å². The van der Waals surface area contributed by atoms with Crippen molar-refractivity contribution in [2.75, 3.05) is 6.54 Å². The minimum Gasteiger partial charge on any atom is -0.313 e. The summed E-state index contributed by atoms with van der Waals surface area (Å²) in [6.07, 6.45) is 4.90. The zero-order chi connectivity index (χ0) is 15.3. The third-order valence-electron chi connectivity index (χ3n) is 4.21. The molecule has 5 heteroatoms. The summed E-state index contributed by atoms with van der Waals surface area (Å²) in [5.74, 6) is -2.14. The highest BCUT2D eigenvalue weighted by Crippen LogP contribution is 2.38. The predicted molar refractivity (Wildman–Crippen MR) is 84.6 cm³/mol. The van der Waals surface area contributed by atoms with Crippen LogP contribution in [0.5, 0.6) is 0 Å². The van der Waals surface area contributed by atoms with Gasteiger partial charge >= 0.3 is 0 Å². The van der Waals surface area contributed by atoms with Crippen molar-refractivity contribution < 1.29 is 8.78 Å². The van der Waals surface area contributed by atoms with Crippen LogP contribution >= 0.6 is 15.9 Å². The summed E-state index contributed by atoms with van der Waals surface area (Å²) in [5, 5.41) is 3.53. The predicted octanol–water partition coefficient (Wildman–Crippen LogP) is 4.58. The molecule has 1 aromatic heterocycles. The summed E-state index contributed by atoms with van der Waals surface area (Å²) >= 11 is 3.38. The van der Waals surface area contributed by atoms with Crippen molar-refractivity contribution in [3.05, 3.63) is 28.5 Å². The summed E-state index contributed by atoms with van der Waals surface area (Å²) in [5.41, 5.74) is 1.02. The molecule has 0 radical (unpaired) electrons. The van der Waals surface area contributed by atoms with E-state index in [1.165, 1.54) is 0 Å². The molecule has 2 rings (SSSR count). The van der Waals surface area contributed by atoms with Crippen LogP contribution in [0.4, 0.5) is 8.78 Å². The molecule has 118 valence electrons. The number of hydrogen-bond acceptors (Lipinski definition) is 2. The number of rotatable bonds is 6. The lowest BCUT2D eigenvalue weighted by atomic mass is 9.80. The third-order valence-corrected chi connectivity index (χ3v) is 4.67. The normalized spacial score (nSPS) is 20.4. The lowest BCUT2D eigenvalue weighted by Crippen LogP contribution is -2.42. The second-order valence-electron chi connectivity index (χ2n) is 5.93. The largest absolute Gasteiger partial charge is 0.313 e. The van der Waals surface area contributed by atoms with Gasteiger partial charge in [-0.1, -0.05) is 6.92 Å². The Balaban J connectivity index is 1.99. The van der Waals surface area contributed by atoms with Gasteiger partial charge in [0.2, 0.25) is 5.92 Å². The first-order chi connectivity index (χ1) is 10.00. The topological polar surface area (TPSA) is 24.9 Å². The minimum atomic E-state index is -2.46. The SMILES string of the molecule is CCCNC(Cc1ccc(Br)cn1)C1CCC(F)(F)CC1. The van der Waals surface area contributed by atoms with Gasteiger partial charge in [-0.3, -0.25) is 4.98 Å². The Morgan fingerprint density at radius 1 is 1.38 bits per heavy atom. The van der Waals surface area contributed by atoms with Gasteiger partial charge in [-0.05, 0) is 59.8 Å². The molecule has 0 bridgehead atoms. The van der Waals surface area contributed by atoms with Crippen molar-refractivity contribution in [1.29, 1.82) is 0 Å². The number of nitrogens with zero attached hydrogens (tertiary/aromatic N) is 1. The second kappa shape index (κ2) is 7.63. The first-order valence-electron chi connectivity index (χ1n) is 7.72. The van der Waals surface area contributed by atoms with Crippen LogP contribution in [0.15, 0.2) is 22.8 Å². The van der Waals surface area contributed by atoms with Crippen LogP contribution in [0.2, 0.25) is 0 Å². The number of halogens is 3. The lowest BCUT2D eigenvalue weighted by molar-refractivity contribution is -0.0495. The van der Waals surface area contributed by atoms with Gasteiger partial charge in [0, 0.05) is 41.7 Å². The summed E-state index contributed by atoms with van der Waals surface area (Å²) in [7, 11) is 0. The van der Waals surface area contributed by atoms with E-state index in [0.717, 1.165) is 29.6 Å². The van der Waals surface area contributed by atoms with E-state index in [2.05, 4.69) is 33.2 Å². The smallest absolute Gasteiger partial charge is 0.248 e. The molecule has 0 saturated heterocycles. The lowest BCUT2D eigenvalue weighted by Gasteiger charge is -2.34. The van der Waals surface area contributed by atoms with Crippen LogP contribution in [0, 0.1) is 5.92 Å². The second-order valence-corrected chi connectivity index (χ2v) is 6.84. The van der Waals surface area contributed by atoms with Crippen LogP contribution in [-0.4, -0.2) is 23.5 Å². The van der Waals surface area contributed by atoms with Crippen LogP contribution in [0.3, 0.4) is 0 Å². The van der Waals surface area contributed by atoms with Crippen LogP contribution in [-0.2, 0) is 6.42 Å². The highest BCUT2D eigenvalue weighted by molar-refractivity contribution is 9.10. The molecule has 1 N–H and O–H groups in total. The molecule has 1 aliphatic carbocycles. The van der Waals surface area contributed by atoms with Gasteiger partial charge in [-0.2, -0.15) is 0 Å². The van der Waals surface area contributed by atoms with Crippen molar-refractivity contribution in [3.8, 4) is 0 Å². The first kappa shape index (κ1) is 16.8. The van der Waals surface area contributed by atoms with Gasteiger partial charge in [-0.25, -0.2) is 8.78 Å². The molecule has 1 aromatic rings. The highest BCUT2D eigenvalue weighted by Gasteiger charge is 2.37. The maximum atomic E-state index is 13.3. The average Bonchev–Trinajstić information content (AvgIpc) is 2.46. The van der Waals surface area contributed by atoms with Gasteiger partial charge in [-0.15, -0.1) is 0 Å². The molecule has 0 aromatic carbocycles. The summed E-state index contributed by atoms with van der Waals surface area (Å²) in [6, 6.07) is 4.23. The number of aromatic nitrogens is 1. The fourth-order valence-electron chi connectivity index (χ4n) is 2.95. The Hall–Kier alpha value is -0.550. The molecular weight excluding hydrogens is 338 g/mol. The molecule has 0 amide bonds. The minimum absolute atomic E-state index is 0.0235. The number of hydrogen-bond donors (Lipinski definition) is 1. The zero-order valence-corrected chi connectivity index (χ0v) is 14.0. The standard InChI is InChI=1S/C16H23BrF2N2/c1-2-9-20-15(10-14-4-3-13(17)11-21-14)12-5-7-16(18,19)8-6-12/h3-4,11-12,15,20H,2,5-10H2,1H3. The molecule has 1 atom stereocenters. The Kier molecular flexibility index (Phi) is 6.11. The van der Waals surface area contributed by atoms with E-state index < -0.39 is 5.92 Å². The Bertz CT molecular complexity index is 426. The Labute approximate surface area is 133 Å². The summed E-state index contributed by atoms with van der Waals surface area (Å²) in [6.45, 7) is 3.05. The molecule has 1 aliphatic rings. The third kappa shape index (κ3) is 5.29. The van der Waals surface area contributed by atoms with E-state index in [4.69, 9.17) is 0 Å². The number of nitrogens with one attached hydrogen (secondary N) is 1. The molecule has 1 saturated carbocycles. The molecule has 2 nitrogen and oxygen atoms in total. The molecular formula is C16H23BrF2N2. The molecule has 0 aliphatic heterocycles. The Morgan fingerprint density at radius 3 is 2.67 bits per heavy atom. The van der Waals surface area contributed by atoms with E-state index >= 15 is 0 Å². The maximum absolute atomic E-state index is 13.3. The van der Waals surface area contributed by atoms with Crippen molar-refractivity contribution in [1.82, 2.24) is 10.3 Å². The number of pyridine rings is 1.